The molecule has 0 radical (unpaired) electrons. The lowest BCUT2D eigenvalue weighted by atomic mass is 10.0. The van der Waals surface area contributed by atoms with Crippen LogP contribution in [-0.4, -0.2) is 25.6 Å². The van der Waals surface area contributed by atoms with Crippen LogP contribution >= 0.6 is 0 Å². The molecular formula is C21H32N2O3. The van der Waals surface area contributed by atoms with Gasteiger partial charge < -0.3 is 14.8 Å². The van der Waals surface area contributed by atoms with Crippen molar-refractivity contribution in [2.24, 2.45) is 5.41 Å². The van der Waals surface area contributed by atoms with Crippen LogP contribution in [0.4, 0.5) is 5.69 Å². The largest absolute Gasteiger partial charge is 0.493 e. The Kier molecular flexibility index (Phi) is 10.7. The molecule has 1 N–H and O–H groups in total. The second-order valence-electron chi connectivity index (χ2n) is 6.75. The number of hydrogen-bond donors (Lipinski definition) is 1. The standard InChI is InChI=1S/C14H14N2O3.C5H12.C2H6/c1-18-13-4-3-10(7-14(13)19-2)11-8-15-6-5-12(11)16-9-17;1-5(2,3)4;1-2/h3-9H,1-2H3,(H,15,16,17);1-4H3;1-2H3. The summed E-state index contributed by atoms with van der Waals surface area (Å²) in [4.78, 5) is 14.7. The van der Waals surface area contributed by atoms with Crippen molar-refractivity contribution in [3.8, 4) is 22.6 Å². The average Bonchev–Trinajstić information content (AvgIpc) is 2.62. The van der Waals surface area contributed by atoms with Crippen molar-refractivity contribution in [1.29, 1.82) is 0 Å². The summed E-state index contributed by atoms with van der Waals surface area (Å²) in [5.74, 6) is 1.28. The zero-order valence-corrected chi connectivity index (χ0v) is 17.2. The van der Waals surface area contributed by atoms with Crippen molar-refractivity contribution < 1.29 is 14.3 Å². The number of pyridine rings is 1. The second kappa shape index (κ2) is 11.9. The van der Waals surface area contributed by atoms with Crippen molar-refractivity contribution in [2.45, 2.75) is 41.5 Å². The molecule has 0 aliphatic rings. The van der Waals surface area contributed by atoms with Gasteiger partial charge in [-0.3, -0.25) is 9.78 Å². The van der Waals surface area contributed by atoms with Crippen LogP contribution in [0.15, 0.2) is 36.7 Å². The third kappa shape index (κ3) is 8.51. The molecule has 5 heteroatoms. The number of nitrogens with one attached hydrogen (secondary N) is 1. The minimum Gasteiger partial charge on any atom is -0.493 e. The average molecular weight is 360 g/mol. The lowest BCUT2D eigenvalue weighted by molar-refractivity contribution is -0.105. The molecule has 144 valence electrons. The Balaban J connectivity index is 0.000000772. The zero-order valence-electron chi connectivity index (χ0n) is 17.2. The molecule has 0 aliphatic heterocycles. The summed E-state index contributed by atoms with van der Waals surface area (Å²) in [6.45, 7) is 12.8. The minimum atomic E-state index is 0.500. The molecule has 0 saturated carbocycles. The first-order valence-corrected chi connectivity index (χ1v) is 8.66. The smallest absolute Gasteiger partial charge is 0.211 e. The monoisotopic (exact) mass is 360 g/mol. The van der Waals surface area contributed by atoms with Crippen molar-refractivity contribution in [3.63, 3.8) is 0 Å². The van der Waals surface area contributed by atoms with E-state index >= 15 is 0 Å². The number of nitrogens with zero attached hydrogens (tertiary/aromatic N) is 1. The molecule has 0 fully saturated rings. The highest BCUT2D eigenvalue weighted by Gasteiger charge is 2.09. The summed E-state index contributed by atoms with van der Waals surface area (Å²) in [5, 5.41) is 2.65. The highest BCUT2D eigenvalue weighted by molar-refractivity contribution is 5.85. The highest BCUT2D eigenvalue weighted by atomic mass is 16.5. The molecule has 5 nitrogen and oxygen atoms in total. The molecule has 1 aromatic carbocycles. The molecule has 0 bridgehead atoms. The molecule has 0 aliphatic carbocycles. The number of hydrogen-bond acceptors (Lipinski definition) is 4. The molecule has 1 aromatic heterocycles. The Hall–Kier alpha value is -2.56. The zero-order chi connectivity index (χ0) is 20.2. The molecule has 0 atom stereocenters. The van der Waals surface area contributed by atoms with E-state index in [9.17, 15) is 4.79 Å². The molecule has 1 amide bonds. The van der Waals surface area contributed by atoms with Crippen molar-refractivity contribution in [2.75, 3.05) is 19.5 Å². The maximum Gasteiger partial charge on any atom is 0.211 e. The lowest BCUT2D eigenvalue weighted by Gasteiger charge is -2.11. The lowest BCUT2D eigenvalue weighted by Crippen LogP contribution is -1.97. The van der Waals surface area contributed by atoms with Gasteiger partial charge in [-0.15, -0.1) is 0 Å². The first kappa shape index (κ1) is 23.4. The Bertz CT molecular complexity index is 659. The van der Waals surface area contributed by atoms with Gasteiger partial charge in [0.1, 0.15) is 0 Å². The molecular weight excluding hydrogens is 328 g/mol. The number of carbonyl (C=O) groups is 1. The topological polar surface area (TPSA) is 60.5 Å². The molecule has 2 rings (SSSR count). The Morgan fingerprint density at radius 2 is 1.58 bits per heavy atom. The van der Waals surface area contributed by atoms with E-state index in [2.05, 4.69) is 38.0 Å². The van der Waals surface area contributed by atoms with E-state index < -0.39 is 0 Å². The number of anilines is 1. The quantitative estimate of drug-likeness (QED) is 0.724. The molecule has 0 spiro atoms. The number of carbonyl (C=O) groups excluding carboxylic acids is 1. The first-order valence-electron chi connectivity index (χ1n) is 8.66. The van der Waals surface area contributed by atoms with E-state index in [1.165, 1.54) is 0 Å². The summed E-state index contributed by atoms with van der Waals surface area (Å²) in [6.07, 6.45) is 3.95. The number of rotatable bonds is 5. The van der Waals surface area contributed by atoms with Gasteiger partial charge in [-0.2, -0.15) is 0 Å². The third-order valence-corrected chi connectivity index (χ3v) is 2.73. The fraction of sp³-hybridized carbons (Fsp3) is 0.429. The van der Waals surface area contributed by atoms with E-state index in [1.807, 2.05) is 32.0 Å². The number of ether oxygens (including phenoxy) is 2. The summed E-state index contributed by atoms with van der Waals surface area (Å²) in [7, 11) is 3.16. The fourth-order valence-corrected chi connectivity index (χ4v) is 1.82. The predicted octanol–water partition coefficient (Wildman–Crippen LogP) is 5.41. The van der Waals surface area contributed by atoms with Crippen LogP contribution in [0, 0.1) is 5.41 Å². The van der Waals surface area contributed by atoms with Gasteiger partial charge in [0.05, 0.1) is 19.9 Å². The first-order chi connectivity index (χ1) is 12.3. The van der Waals surface area contributed by atoms with E-state index in [4.69, 9.17) is 9.47 Å². The van der Waals surface area contributed by atoms with E-state index in [-0.39, 0.29) is 0 Å². The van der Waals surface area contributed by atoms with E-state index in [1.54, 1.807) is 32.7 Å². The van der Waals surface area contributed by atoms with Crippen LogP contribution in [0.2, 0.25) is 0 Å². The minimum absolute atomic E-state index is 0.500. The van der Waals surface area contributed by atoms with Crippen molar-refractivity contribution >= 4 is 12.1 Å². The fourth-order valence-electron chi connectivity index (χ4n) is 1.82. The summed E-state index contributed by atoms with van der Waals surface area (Å²) < 4.78 is 10.5. The van der Waals surface area contributed by atoms with Gasteiger partial charge in [-0.1, -0.05) is 47.6 Å². The van der Waals surface area contributed by atoms with Gasteiger partial charge in [0.15, 0.2) is 11.5 Å². The van der Waals surface area contributed by atoms with Crippen LogP contribution in [0.25, 0.3) is 11.1 Å². The van der Waals surface area contributed by atoms with Crippen LogP contribution in [0.3, 0.4) is 0 Å². The number of benzene rings is 1. The Morgan fingerprint density at radius 3 is 2.08 bits per heavy atom. The molecule has 0 saturated heterocycles. The normalized spacial score (nSPS) is 9.69. The second-order valence-corrected chi connectivity index (χ2v) is 6.75. The molecule has 2 aromatic rings. The Morgan fingerprint density at radius 1 is 1.00 bits per heavy atom. The maximum absolute atomic E-state index is 10.6. The van der Waals surface area contributed by atoms with Gasteiger partial charge >= 0.3 is 0 Å². The molecule has 26 heavy (non-hydrogen) atoms. The SMILES string of the molecule is CC.CC(C)(C)C.COc1ccc(-c2cnccc2NC=O)cc1OC. The van der Waals surface area contributed by atoms with Crippen LogP contribution in [0.1, 0.15) is 41.5 Å². The summed E-state index contributed by atoms with van der Waals surface area (Å²) in [6, 6.07) is 7.27. The van der Waals surface area contributed by atoms with Crippen molar-refractivity contribution in [1.82, 2.24) is 4.98 Å². The summed E-state index contributed by atoms with van der Waals surface area (Å²) >= 11 is 0. The number of amides is 1. The Labute approximate surface area is 157 Å². The van der Waals surface area contributed by atoms with Crippen LogP contribution < -0.4 is 14.8 Å². The van der Waals surface area contributed by atoms with Gasteiger partial charge in [-0.25, -0.2) is 0 Å². The van der Waals surface area contributed by atoms with Gasteiger partial charge in [-0.05, 0) is 29.2 Å². The number of methoxy groups -OCH3 is 2. The maximum atomic E-state index is 10.6. The number of aromatic nitrogens is 1. The highest BCUT2D eigenvalue weighted by Crippen LogP contribution is 2.34. The van der Waals surface area contributed by atoms with Crippen LogP contribution in [0.5, 0.6) is 11.5 Å². The third-order valence-electron chi connectivity index (χ3n) is 2.73. The van der Waals surface area contributed by atoms with Gasteiger partial charge in [0, 0.05) is 18.0 Å². The summed E-state index contributed by atoms with van der Waals surface area (Å²) in [5.41, 5.74) is 2.89. The van der Waals surface area contributed by atoms with Gasteiger partial charge in [0.25, 0.3) is 0 Å². The van der Waals surface area contributed by atoms with Crippen molar-refractivity contribution in [3.05, 3.63) is 36.7 Å². The van der Waals surface area contributed by atoms with Gasteiger partial charge in [0.2, 0.25) is 6.41 Å². The molecule has 0 unspecified atom stereocenters. The predicted molar refractivity (Wildman–Crippen MR) is 109 cm³/mol. The van der Waals surface area contributed by atoms with E-state index in [0.717, 1.165) is 11.1 Å². The molecule has 1 heterocycles. The van der Waals surface area contributed by atoms with E-state index in [0.29, 0.717) is 29.0 Å². The van der Waals surface area contributed by atoms with Crippen LogP contribution in [-0.2, 0) is 4.79 Å².